The second-order valence-corrected chi connectivity index (χ2v) is 4.65. The summed E-state index contributed by atoms with van der Waals surface area (Å²) in [6.45, 7) is 1.81. The number of hydrogen-bond acceptors (Lipinski definition) is 3. The first-order valence-electron chi connectivity index (χ1n) is 5.45. The van der Waals surface area contributed by atoms with E-state index in [-0.39, 0.29) is 16.0 Å². The average molecular weight is 341 g/mol. The minimum Gasteiger partial charge on any atom is -0.494 e. The lowest BCUT2D eigenvalue weighted by atomic mass is 10.2. The SMILES string of the molecule is CC(=O)CCCOc1ccc(OC(F)(F)F)c(Br)c1. The van der Waals surface area contributed by atoms with Crippen LogP contribution in [0.1, 0.15) is 19.8 Å². The molecule has 19 heavy (non-hydrogen) atoms. The topological polar surface area (TPSA) is 35.5 Å². The number of hydrogen-bond donors (Lipinski definition) is 0. The number of rotatable bonds is 6. The maximum atomic E-state index is 12.0. The van der Waals surface area contributed by atoms with Crippen LogP contribution < -0.4 is 9.47 Å². The number of ketones is 1. The van der Waals surface area contributed by atoms with Crippen molar-refractivity contribution in [2.24, 2.45) is 0 Å². The van der Waals surface area contributed by atoms with E-state index in [0.717, 1.165) is 6.07 Å². The van der Waals surface area contributed by atoms with E-state index in [2.05, 4.69) is 20.7 Å². The zero-order valence-electron chi connectivity index (χ0n) is 10.1. The number of Topliss-reactive ketones (excluding diaryl/α,β-unsaturated/α-hetero) is 1. The molecule has 0 amide bonds. The van der Waals surface area contributed by atoms with Gasteiger partial charge in [-0.3, -0.25) is 0 Å². The van der Waals surface area contributed by atoms with E-state index in [1.54, 1.807) is 0 Å². The van der Waals surface area contributed by atoms with Crippen molar-refractivity contribution in [1.82, 2.24) is 0 Å². The molecule has 3 nitrogen and oxygen atoms in total. The van der Waals surface area contributed by atoms with Crippen molar-refractivity contribution in [3.63, 3.8) is 0 Å². The van der Waals surface area contributed by atoms with Crippen LogP contribution in [0.15, 0.2) is 22.7 Å². The fourth-order valence-corrected chi connectivity index (χ4v) is 1.73. The van der Waals surface area contributed by atoms with Crippen LogP contribution in [-0.2, 0) is 4.79 Å². The Labute approximate surface area is 116 Å². The Kier molecular flexibility index (Phi) is 5.65. The quantitative estimate of drug-likeness (QED) is 0.731. The Morgan fingerprint density at radius 2 is 2.05 bits per heavy atom. The highest BCUT2D eigenvalue weighted by molar-refractivity contribution is 9.10. The molecule has 7 heteroatoms. The number of carbonyl (C=O) groups excluding carboxylic acids is 1. The maximum absolute atomic E-state index is 12.0. The van der Waals surface area contributed by atoms with Crippen LogP contribution in [0, 0.1) is 0 Å². The minimum atomic E-state index is -4.73. The van der Waals surface area contributed by atoms with Crippen LogP contribution >= 0.6 is 15.9 Å². The van der Waals surface area contributed by atoms with Crippen molar-refractivity contribution < 1.29 is 27.4 Å². The molecule has 0 aromatic heterocycles. The Bertz CT molecular complexity index is 446. The first kappa shape index (κ1) is 15.8. The van der Waals surface area contributed by atoms with Gasteiger partial charge in [0, 0.05) is 6.42 Å². The van der Waals surface area contributed by atoms with Gasteiger partial charge in [0.15, 0.2) is 0 Å². The molecule has 0 N–H and O–H groups in total. The molecule has 0 aliphatic heterocycles. The minimum absolute atomic E-state index is 0.0682. The van der Waals surface area contributed by atoms with Gasteiger partial charge in [-0.2, -0.15) is 0 Å². The van der Waals surface area contributed by atoms with Crippen molar-refractivity contribution in [2.75, 3.05) is 6.61 Å². The Balaban J connectivity index is 2.54. The van der Waals surface area contributed by atoms with Crippen molar-refractivity contribution >= 4 is 21.7 Å². The van der Waals surface area contributed by atoms with Crippen molar-refractivity contribution in [3.8, 4) is 11.5 Å². The summed E-state index contributed by atoms with van der Waals surface area (Å²) >= 11 is 2.97. The molecule has 1 aromatic rings. The van der Waals surface area contributed by atoms with Gasteiger partial charge < -0.3 is 14.3 Å². The van der Waals surface area contributed by atoms with Crippen LogP contribution in [0.25, 0.3) is 0 Å². The average Bonchev–Trinajstić information content (AvgIpc) is 2.26. The maximum Gasteiger partial charge on any atom is 0.573 e. The summed E-state index contributed by atoms with van der Waals surface area (Å²) in [5.74, 6) is 0.146. The van der Waals surface area contributed by atoms with Gasteiger partial charge in [-0.25, -0.2) is 0 Å². The van der Waals surface area contributed by atoms with E-state index in [9.17, 15) is 18.0 Å². The molecule has 106 valence electrons. The molecule has 0 bridgehead atoms. The van der Waals surface area contributed by atoms with Crippen molar-refractivity contribution in [1.29, 1.82) is 0 Å². The molecule has 0 aliphatic rings. The number of ether oxygens (including phenoxy) is 2. The number of halogens is 4. The highest BCUT2D eigenvalue weighted by Gasteiger charge is 2.31. The largest absolute Gasteiger partial charge is 0.573 e. The molecule has 0 aliphatic carbocycles. The number of benzene rings is 1. The highest BCUT2D eigenvalue weighted by atomic mass is 79.9. The molecule has 0 atom stereocenters. The molecular weight excluding hydrogens is 329 g/mol. The zero-order chi connectivity index (χ0) is 14.5. The lowest BCUT2D eigenvalue weighted by molar-refractivity contribution is -0.274. The van der Waals surface area contributed by atoms with Gasteiger partial charge in [-0.1, -0.05) is 0 Å². The molecule has 0 fully saturated rings. The lowest BCUT2D eigenvalue weighted by Gasteiger charge is -2.12. The Morgan fingerprint density at radius 3 is 2.58 bits per heavy atom. The zero-order valence-corrected chi connectivity index (χ0v) is 11.7. The summed E-state index contributed by atoms with van der Waals surface area (Å²) in [5.41, 5.74) is 0. The lowest BCUT2D eigenvalue weighted by Crippen LogP contribution is -2.17. The summed E-state index contributed by atoms with van der Waals surface area (Å²) in [6.07, 6.45) is -3.75. The van der Waals surface area contributed by atoms with Crippen LogP contribution in [0.5, 0.6) is 11.5 Å². The van der Waals surface area contributed by atoms with Crippen LogP contribution in [0.4, 0.5) is 13.2 Å². The van der Waals surface area contributed by atoms with E-state index >= 15 is 0 Å². The monoisotopic (exact) mass is 340 g/mol. The molecule has 0 radical (unpaired) electrons. The van der Waals surface area contributed by atoms with Crippen molar-refractivity contribution in [3.05, 3.63) is 22.7 Å². The van der Waals surface area contributed by atoms with Gasteiger partial charge in [0.2, 0.25) is 0 Å². The van der Waals surface area contributed by atoms with E-state index in [1.165, 1.54) is 19.1 Å². The molecule has 0 spiro atoms. The molecule has 1 rings (SSSR count). The summed E-state index contributed by atoms with van der Waals surface area (Å²) in [4.78, 5) is 10.7. The predicted molar refractivity (Wildman–Crippen MR) is 66.2 cm³/mol. The van der Waals surface area contributed by atoms with Crippen LogP contribution in [-0.4, -0.2) is 18.8 Å². The second-order valence-electron chi connectivity index (χ2n) is 3.79. The van der Waals surface area contributed by atoms with E-state index in [0.29, 0.717) is 25.2 Å². The molecule has 0 saturated heterocycles. The fourth-order valence-electron chi connectivity index (χ4n) is 1.29. The first-order chi connectivity index (χ1) is 8.78. The van der Waals surface area contributed by atoms with Gasteiger partial charge in [0.25, 0.3) is 0 Å². The molecule has 0 heterocycles. The van der Waals surface area contributed by atoms with Gasteiger partial charge in [0.05, 0.1) is 11.1 Å². The first-order valence-corrected chi connectivity index (χ1v) is 6.25. The van der Waals surface area contributed by atoms with Crippen LogP contribution in [0.2, 0.25) is 0 Å². The molecule has 1 aromatic carbocycles. The summed E-state index contributed by atoms with van der Waals surface area (Å²) in [5, 5.41) is 0. The number of carbonyl (C=O) groups is 1. The summed E-state index contributed by atoms with van der Waals surface area (Å²) in [7, 11) is 0. The van der Waals surface area contributed by atoms with Gasteiger partial charge in [-0.15, -0.1) is 13.2 Å². The fraction of sp³-hybridized carbons (Fsp3) is 0.417. The highest BCUT2D eigenvalue weighted by Crippen LogP contribution is 2.33. The third kappa shape index (κ3) is 6.47. The Morgan fingerprint density at radius 1 is 1.37 bits per heavy atom. The molecular formula is C12H12BrF3O3. The standard InChI is InChI=1S/C12H12BrF3O3/c1-8(17)3-2-6-18-9-4-5-11(10(13)7-9)19-12(14,15)16/h4-5,7H,2-3,6H2,1H3. The van der Waals surface area contributed by atoms with E-state index in [4.69, 9.17) is 4.74 Å². The Hall–Kier alpha value is -1.24. The van der Waals surface area contributed by atoms with Gasteiger partial charge in [-0.05, 0) is 47.5 Å². The van der Waals surface area contributed by atoms with Crippen molar-refractivity contribution in [2.45, 2.75) is 26.1 Å². The van der Waals surface area contributed by atoms with E-state index in [1.807, 2.05) is 0 Å². The van der Waals surface area contributed by atoms with Gasteiger partial charge in [0.1, 0.15) is 17.3 Å². The predicted octanol–water partition coefficient (Wildman–Crippen LogP) is 4.10. The number of alkyl halides is 3. The van der Waals surface area contributed by atoms with E-state index < -0.39 is 6.36 Å². The second kappa shape index (κ2) is 6.79. The molecule has 0 unspecified atom stereocenters. The normalized spacial score (nSPS) is 11.2. The third-order valence-electron chi connectivity index (χ3n) is 2.07. The van der Waals surface area contributed by atoms with Gasteiger partial charge >= 0.3 is 6.36 Å². The van der Waals surface area contributed by atoms with Crippen LogP contribution in [0.3, 0.4) is 0 Å². The third-order valence-corrected chi connectivity index (χ3v) is 2.69. The summed E-state index contributed by atoms with van der Waals surface area (Å²) in [6, 6.07) is 3.92. The molecule has 0 saturated carbocycles. The smallest absolute Gasteiger partial charge is 0.494 e. The summed E-state index contributed by atoms with van der Waals surface area (Å²) < 4.78 is 45.4.